The summed E-state index contributed by atoms with van der Waals surface area (Å²) in [5, 5.41) is 13.0. The first kappa shape index (κ1) is 11.6. The summed E-state index contributed by atoms with van der Waals surface area (Å²) in [5.41, 5.74) is 0.0416. The minimum Gasteiger partial charge on any atom is -0.478 e. The fourth-order valence-electron chi connectivity index (χ4n) is 1.26. The van der Waals surface area contributed by atoms with Crippen LogP contribution in [0.1, 0.15) is 10.4 Å². The van der Waals surface area contributed by atoms with Crippen LogP contribution >= 0.6 is 15.9 Å². The lowest BCUT2D eigenvalue weighted by Crippen LogP contribution is -2.02. The van der Waals surface area contributed by atoms with Crippen LogP contribution in [-0.4, -0.2) is 25.8 Å². The summed E-state index contributed by atoms with van der Waals surface area (Å²) in [6.45, 7) is 0. The third-order valence-corrected chi connectivity index (χ3v) is 2.63. The van der Waals surface area contributed by atoms with Crippen LogP contribution in [0.2, 0.25) is 0 Å². The first-order chi connectivity index (χ1) is 8.08. The second-order valence-electron chi connectivity index (χ2n) is 3.22. The number of ether oxygens (including phenoxy) is 1. The van der Waals surface area contributed by atoms with Gasteiger partial charge in [-0.1, -0.05) is 6.07 Å². The molecule has 1 heterocycles. The highest BCUT2D eigenvalue weighted by Crippen LogP contribution is 2.29. The van der Waals surface area contributed by atoms with Gasteiger partial charge in [0.15, 0.2) is 0 Å². The van der Waals surface area contributed by atoms with Crippen molar-refractivity contribution in [1.82, 2.24) is 14.8 Å². The van der Waals surface area contributed by atoms with Crippen LogP contribution < -0.4 is 4.74 Å². The summed E-state index contributed by atoms with van der Waals surface area (Å²) < 4.78 is 7.23. The van der Waals surface area contributed by atoms with Crippen molar-refractivity contribution in [3.8, 4) is 11.8 Å². The smallest absolute Gasteiger partial charge is 0.341 e. The van der Waals surface area contributed by atoms with Crippen LogP contribution in [0.15, 0.2) is 29.0 Å². The van der Waals surface area contributed by atoms with Gasteiger partial charge in [0, 0.05) is 11.5 Å². The van der Waals surface area contributed by atoms with Gasteiger partial charge in [0.05, 0.1) is 0 Å². The number of aromatic nitrogens is 3. The van der Waals surface area contributed by atoms with Gasteiger partial charge in [0.25, 0.3) is 0 Å². The van der Waals surface area contributed by atoms with Gasteiger partial charge in [-0.05, 0) is 28.1 Å². The number of hydrogen-bond acceptors (Lipinski definition) is 4. The number of aryl methyl sites for hydroxylation is 1. The molecule has 0 aliphatic heterocycles. The predicted octanol–water partition coefficient (Wildman–Crippen LogP) is 2.07. The number of aromatic carboxylic acids is 1. The van der Waals surface area contributed by atoms with Gasteiger partial charge >= 0.3 is 12.0 Å². The van der Waals surface area contributed by atoms with Crippen LogP contribution in [0.5, 0.6) is 11.8 Å². The van der Waals surface area contributed by atoms with Gasteiger partial charge in [-0.15, -0.1) is 5.10 Å². The Bertz CT molecular complexity index is 568. The summed E-state index contributed by atoms with van der Waals surface area (Å²) >= 11 is 3.16. The highest BCUT2D eigenvalue weighted by molar-refractivity contribution is 9.10. The van der Waals surface area contributed by atoms with E-state index in [0.717, 1.165) is 0 Å². The summed E-state index contributed by atoms with van der Waals surface area (Å²) in [6, 6.07) is 4.95. The van der Waals surface area contributed by atoms with Crippen molar-refractivity contribution in [2.45, 2.75) is 0 Å². The van der Waals surface area contributed by atoms with Crippen LogP contribution in [-0.2, 0) is 7.05 Å². The Morgan fingerprint density at radius 2 is 2.29 bits per heavy atom. The Balaban J connectivity index is 2.39. The van der Waals surface area contributed by atoms with E-state index in [-0.39, 0.29) is 17.3 Å². The molecule has 0 atom stereocenters. The zero-order valence-corrected chi connectivity index (χ0v) is 10.4. The van der Waals surface area contributed by atoms with E-state index in [2.05, 4.69) is 26.0 Å². The van der Waals surface area contributed by atoms with E-state index in [1.807, 2.05) is 0 Å². The van der Waals surface area contributed by atoms with Gasteiger partial charge in [-0.25, -0.2) is 4.79 Å². The van der Waals surface area contributed by atoms with E-state index in [4.69, 9.17) is 9.84 Å². The number of hydrogen-bond donors (Lipinski definition) is 1. The molecule has 0 aliphatic carbocycles. The summed E-state index contributed by atoms with van der Waals surface area (Å²) in [4.78, 5) is 14.9. The molecule has 1 N–H and O–H groups in total. The van der Waals surface area contributed by atoms with Gasteiger partial charge in [-0.3, -0.25) is 4.68 Å². The number of carbonyl (C=O) groups is 1. The zero-order valence-electron chi connectivity index (χ0n) is 8.79. The summed E-state index contributed by atoms with van der Waals surface area (Å²) in [7, 11) is 1.69. The van der Waals surface area contributed by atoms with Gasteiger partial charge < -0.3 is 9.84 Å². The number of carboxylic acids is 1. The Morgan fingerprint density at radius 1 is 1.53 bits per heavy atom. The van der Waals surface area contributed by atoms with Crippen molar-refractivity contribution in [3.05, 3.63) is 34.6 Å². The molecule has 1 aromatic carbocycles. The van der Waals surface area contributed by atoms with Crippen molar-refractivity contribution < 1.29 is 14.6 Å². The van der Waals surface area contributed by atoms with Crippen LogP contribution in [0, 0.1) is 0 Å². The molecule has 0 saturated heterocycles. The molecular formula is C10H8BrN3O3. The standard InChI is InChI=1S/C10H8BrN3O3/c1-14-5-12-10(13-14)17-7-4-2-3-6(11)8(7)9(15)16/h2-5H,1H3,(H,15,16). The third-order valence-electron chi connectivity index (χ3n) is 1.97. The van der Waals surface area contributed by atoms with Crippen molar-refractivity contribution in [3.63, 3.8) is 0 Å². The van der Waals surface area contributed by atoms with E-state index >= 15 is 0 Å². The fourth-order valence-corrected chi connectivity index (χ4v) is 1.78. The molecule has 1 aromatic heterocycles. The number of carboxylic acid groups (broad SMARTS) is 1. The number of benzene rings is 1. The Kier molecular flexibility index (Phi) is 3.10. The Labute approximate surface area is 105 Å². The molecule has 0 bridgehead atoms. The minimum atomic E-state index is -1.08. The maximum absolute atomic E-state index is 11.1. The van der Waals surface area contributed by atoms with E-state index in [9.17, 15) is 4.79 Å². The molecular weight excluding hydrogens is 290 g/mol. The summed E-state index contributed by atoms with van der Waals surface area (Å²) in [5.74, 6) is -0.888. The molecule has 0 aliphatic rings. The maximum atomic E-state index is 11.1. The van der Waals surface area contributed by atoms with Gasteiger partial charge in [-0.2, -0.15) is 4.98 Å². The molecule has 0 amide bonds. The van der Waals surface area contributed by atoms with Crippen LogP contribution in [0.4, 0.5) is 0 Å². The molecule has 17 heavy (non-hydrogen) atoms. The summed E-state index contributed by atoms with van der Waals surface area (Å²) in [6.07, 6.45) is 1.47. The number of nitrogens with zero attached hydrogens (tertiary/aromatic N) is 3. The Morgan fingerprint density at radius 3 is 2.88 bits per heavy atom. The molecule has 6 nitrogen and oxygen atoms in total. The topological polar surface area (TPSA) is 77.2 Å². The van der Waals surface area contributed by atoms with Gasteiger partial charge in [0.1, 0.15) is 17.6 Å². The molecule has 0 fully saturated rings. The molecule has 7 heteroatoms. The maximum Gasteiger partial charge on any atom is 0.341 e. The minimum absolute atomic E-state index is 0.0416. The van der Waals surface area contributed by atoms with E-state index < -0.39 is 5.97 Å². The van der Waals surface area contributed by atoms with E-state index in [1.165, 1.54) is 11.0 Å². The highest BCUT2D eigenvalue weighted by atomic mass is 79.9. The average Bonchev–Trinajstić information content (AvgIpc) is 2.63. The highest BCUT2D eigenvalue weighted by Gasteiger charge is 2.16. The van der Waals surface area contributed by atoms with E-state index in [0.29, 0.717) is 4.47 Å². The molecule has 0 spiro atoms. The lowest BCUT2D eigenvalue weighted by Gasteiger charge is -2.06. The Hall–Kier alpha value is -1.89. The molecule has 0 unspecified atom stereocenters. The molecule has 0 radical (unpaired) electrons. The van der Waals surface area contributed by atoms with Crippen molar-refractivity contribution in [2.75, 3.05) is 0 Å². The van der Waals surface area contributed by atoms with Crippen LogP contribution in [0.3, 0.4) is 0 Å². The van der Waals surface area contributed by atoms with Crippen molar-refractivity contribution in [2.24, 2.45) is 7.05 Å². The predicted molar refractivity (Wildman–Crippen MR) is 62.2 cm³/mol. The lowest BCUT2D eigenvalue weighted by molar-refractivity contribution is 0.0693. The van der Waals surface area contributed by atoms with Crippen molar-refractivity contribution in [1.29, 1.82) is 0 Å². The zero-order chi connectivity index (χ0) is 12.4. The van der Waals surface area contributed by atoms with Gasteiger partial charge in [0.2, 0.25) is 0 Å². The normalized spacial score (nSPS) is 10.2. The molecule has 2 rings (SSSR count). The van der Waals surface area contributed by atoms with Crippen molar-refractivity contribution >= 4 is 21.9 Å². The SMILES string of the molecule is Cn1cnc(Oc2cccc(Br)c2C(=O)O)n1. The first-order valence-electron chi connectivity index (χ1n) is 4.63. The molecule has 88 valence electrons. The second kappa shape index (κ2) is 4.54. The van der Waals surface area contributed by atoms with Crippen LogP contribution in [0.25, 0.3) is 0 Å². The largest absolute Gasteiger partial charge is 0.478 e. The lowest BCUT2D eigenvalue weighted by atomic mass is 10.2. The quantitative estimate of drug-likeness (QED) is 0.938. The third kappa shape index (κ3) is 2.44. The fraction of sp³-hybridized carbons (Fsp3) is 0.100. The molecule has 0 saturated carbocycles. The average molecular weight is 298 g/mol. The van der Waals surface area contributed by atoms with E-state index in [1.54, 1.807) is 25.2 Å². The second-order valence-corrected chi connectivity index (χ2v) is 4.08. The molecule has 2 aromatic rings. The first-order valence-corrected chi connectivity index (χ1v) is 5.42. The monoisotopic (exact) mass is 297 g/mol. The number of halogens is 1. The number of rotatable bonds is 3.